The molecule has 1 aliphatic heterocycles. The Kier molecular flexibility index (Phi) is 7.26. The Bertz CT molecular complexity index is 652. The second kappa shape index (κ2) is 8.48. The fourth-order valence-electron chi connectivity index (χ4n) is 2.88. The van der Waals surface area contributed by atoms with Gasteiger partial charge in [0.25, 0.3) is 5.91 Å². The van der Waals surface area contributed by atoms with Gasteiger partial charge in [-0.1, -0.05) is 25.1 Å². The second-order valence-electron chi connectivity index (χ2n) is 6.12. The number of pyridine rings is 1. The number of carbonyl (C=O) groups excluding carboxylic acids is 1. The third-order valence-corrected chi connectivity index (χ3v) is 4.36. The number of amides is 1. The highest BCUT2D eigenvalue weighted by Crippen LogP contribution is 2.27. The molecule has 126 valence electrons. The minimum absolute atomic E-state index is 0. The van der Waals surface area contributed by atoms with Gasteiger partial charge in [-0.3, -0.25) is 9.78 Å². The van der Waals surface area contributed by atoms with E-state index in [2.05, 4.69) is 22.5 Å². The molecule has 0 bridgehead atoms. The standard InChI is InChI=1S/C17H21N3O.2ClH/c1-17(7-10-18-11-8-17)12-20-16(21)14-6-2-4-13-5-3-9-19-15(13)14;;/h2-6,9,18H,7-8,10-12H2,1H3,(H,20,21);2*1H. The molecule has 2 heterocycles. The van der Waals surface area contributed by atoms with Crippen molar-refractivity contribution in [3.8, 4) is 0 Å². The lowest BCUT2D eigenvalue weighted by atomic mass is 9.81. The molecule has 0 radical (unpaired) electrons. The van der Waals surface area contributed by atoms with Crippen molar-refractivity contribution >= 4 is 41.6 Å². The van der Waals surface area contributed by atoms with E-state index in [0.717, 1.165) is 43.4 Å². The number of rotatable bonds is 3. The summed E-state index contributed by atoms with van der Waals surface area (Å²) in [7, 11) is 0. The van der Waals surface area contributed by atoms with Crippen molar-refractivity contribution in [1.82, 2.24) is 15.6 Å². The third kappa shape index (κ3) is 4.56. The van der Waals surface area contributed by atoms with Crippen LogP contribution in [-0.4, -0.2) is 30.5 Å². The number of aromatic nitrogens is 1. The van der Waals surface area contributed by atoms with Crippen LogP contribution in [0.4, 0.5) is 0 Å². The summed E-state index contributed by atoms with van der Waals surface area (Å²) in [5.74, 6) is -0.0287. The van der Waals surface area contributed by atoms with E-state index in [0.29, 0.717) is 5.56 Å². The van der Waals surface area contributed by atoms with Gasteiger partial charge in [0.2, 0.25) is 0 Å². The van der Waals surface area contributed by atoms with Crippen molar-refractivity contribution in [2.75, 3.05) is 19.6 Å². The number of carbonyl (C=O) groups is 1. The molecular formula is C17H23Cl2N3O. The van der Waals surface area contributed by atoms with Crippen molar-refractivity contribution in [2.24, 2.45) is 5.41 Å². The number of piperidine rings is 1. The molecule has 1 fully saturated rings. The second-order valence-corrected chi connectivity index (χ2v) is 6.12. The van der Waals surface area contributed by atoms with Crippen LogP contribution in [0.1, 0.15) is 30.1 Å². The van der Waals surface area contributed by atoms with Gasteiger partial charge in [0.15, 0.2) is 0 Å². The lowest BCUT2D eigenvalue weighted by Gasteiger charge is -2.34. The molecule has 4 nitrogen and oxygen atoms in total. The fraction of sp³-hybridized carbons (Fsp3) is 0.412. The van der Waals surface area contributed by atoms with Gasteiger partial charge in [0, 0.05) is 18.1 Å². The smallest absolute Gasteiger partial charge is 0.253 e. The van der Waals surface area contributed by atoms with Crippen LogP contribution >= 0.6 is 24.8 Å². The van der Waals surface area contributed by atoms with Crippen molar-refractivity contribution < 1.29 is 4.79 Å². The van der Waals surface area contributed by atoms with Gasteiger partial charge in [-0.05, 0) is 43.5 Å². The number of nitrogens with one attached hydrogen (secondary N) is 2. The summed E-state index contributed by atoms with van der Waals surface area (Å²) < 4.78 is 0. The molecule has 23 heavy (non-hydrogen) atoms. The summed E-state index contributed by atoms with van der Waals surface area (Å²) in [5, 5.41) is 7.45. The van der Waals surface area contributed by atoms with Gasteiger partial charge in [0.05, 0.1) is 11.1 Å². The molecular weight excluding hydrogens is 333 g/mol. The highest BCUT2D eigenvalue weighted by molar-refractivity contribution is 6.05. The molecule has 2 N–H and O–H groups in total. The van der Waals surface area contributed by atoms with E-state index in [1.165, 1.54) is 0 Å². The molecule has 0 unspecified atom stereocenters. The maximum absolute atomic E-state index is 12.5. The summed E-state index contributed by atoms with van der Waals surface area (Å²) in [6, 6.07) is 9.60. The number of benzene rings is 1. The van der Waals surface area contributed by atoms with E-state index in [4.69, 9.17) is 0 Å². The molecule has 0 aliphatic carbocycles. The molecule has 0 atom stereocenters. The Morgan fingerprint density at radius 1 is 1.22 bits per heavy atom. The highest BCUT2D eigenvalue weighted by atomic mass is 35.5. The van der Waals surface area contributed by atoms with Crippen molar-refractivity contribution in [2.45, 2.75) is 19.8 Å². The van der Waals surface area contributed by atoms with Crippen LogP contribution in [0.15, 0.2) is 36.5 Å². The fourth-order valence-corrected chi connectivity index (χ4v) is 2.88. The van der Waals surface area contributed by atoms with E-state index < -0.39 is 0 Å². The SMILES string of the molecule is CC1(CNC(=O)c2cccc3cccnc23)CCNCC1.Cl.Cl. The van der Waals surface area contributed by atoms with Crippen molar-refractivity contribution in [1.29, 1.82) is 0 Å². The molecule has 1 saturated heterocycles. The van der Waals surface area contributed by atoms with Crippen LogP contribution in [0, 0.1) is 5.41 Å². The Morgan fingerprint density at radius 2 is 1.91 bits per heavy atom. The molecule has 0 spiro atoms. The molecule has 2 aromatic rings. The van der Waals surface area contributed by atoms with Crippen LogP contribution in [0.5, 0.6) is 0 Å². The third-order valence-electron chi connectivity index (χ3n) is 4.36. The predicted molar refractivity (Wildman–Crippen MR) is 98.8 cm³/mol. The summed E-state index contributed by atoms with van der Waals surface area (Å²) in [5.41, 5.74) is 1.62. The van der Waals surface area contributed by atoms with E-state index >= 15 is 0 Å². The number of hydrogen-bond donors (Lipinski definition) is 2. The van der Waals surface area contributed by atoms with E-state index in [1.54, 1.807) is 6.20 Å². The summed E-state index contributed by atoms with van der Waals surface area (Å²) in [6.45, 7) is 5.02. The molecule has 1 amide bonds. The monoisotopic (exact) mass is 355 g/mol. The average Bonchev–Trinajstić information content (AvgIpc) is 2.53. The number of nitrogens with zero attached hydrogens (tertiary/aromatic N) is 1. The lowest BCUT2D eigenvalue weighted by molar-refractivity contribution is 0.0924. The normalized spacial score (nSPS) is 16.0. The van der Waals surface area contributed by atoms with Crippen LogP contribution < -0.4 is 10.6 Å². The van der Waals surface area contributed by atoms with Crippen molar-refractivity contribution in [3.05, 3.63) is 42.1 Å². The lowest BCUT2D eigenvalue weighted by Crippen LogP contribution is -2.42. The van der Waals surface area contributed by atoms with Crippen molar-refractivity contribution in [3.63, 3.8) is 0 Å². The summed E-state index contributed by atoms with van der Waals surface area (Å²) >= 11 is 0. The first kappa shape index (κ1) is 19.7. The molecule has 0 saturated carbocycles. The first-order valence-corrected chi connectivity index (χ1v) is 7.51. The number of halogens is 2. The number of fused-ring (bicyclic) bond motifs is 1. The summed E-state index contributed by atoms with van der Waals surface area (Å²) in [4.78, 5) is 16.8. The maximum Gasteiger partial charge on any atom is 0.253 e. The van der Waals surface area contributed by atoms with Gasteiger partial charge in [-0.2, -0.15) is 0 Å². The number of hydrogen-bond acceptors (Lipinski definition) is 3. The molecule has 3 rings (SSSR count). The largest absolute Gasteiger partial charge is 0.351 e. The average molecular weight is 356 g/mol. The zero-order valence-electron chi connectivity index (χ0n) is 13.2. The zero-order valence-corrected chi connectivity index (χ0v) is 14.8. The van der Waals surface area contributed by atoms with Crippen LogP contribution in [0.3, 0.4) is 0 Å². The van der Waals surface area contributed by atoms with Gasteiger partial charge in [0.1, 0.15) is 0 Å². The highest BCUT2D eigenvalue weighted by Gasteiger charge is 2.27. The molecule has 1 aromatic heterocycles. The van der Waals surface area contributed by atoms with Gasteiger partial charge in [-0.15, -0.1) is 24.8 Å². The van der Waals surface area contributed by atoms with Gasteiger partial charge in [-0.25, -0.2) is 0 Å². The Morgan fingerprint density at radius 3 is 2.65 bits per heavy atom. The van der Waals surface area contributed by atoms with Crippen LogP contribution in [0.2, 0.25) is 0 Å². The quantitative estimate of drug-likeness (QED) is 0.888. The Balaban J connectivity index is 0.00000132. The molecule has 1 aromatic carbocycles. The molecule has 6 heteroatoms. The first-order valence-electron chi connectivity index (χ1n) is 7.51. The minimum Gasteiger partial charge on any atom is -0.351 e. The van der Waals surface area contributed by atoms with E-state index in [1.807, 2.05) is 30.3 Å². The first-order chi connectivity index (χ1) is 10.2. The Labute approximate surface area is 149 Å². The maximum atomic E-state index is 12.5. The topological polar surface area (TPSA) is 54.0 Å². The zero-order chi connectivity index (χ0) is 14.7. The molecule has 1 aliphatic rings. The predicted octanol–water partition coefficient (Wildman–Crippen LogP) is 3.20. The van der Waals surface area contributed by atoms with E-state index in [-0.39, 0.29) is 36.1 Å². The summed E-state index contributed by atoms with van der Waals surface area (Å²) in [6.07, 6.45) is 3.93. The Hall–Kier alpha value is -1.36. The van der Waals surface area contributed by atoms with Gasteiger partial charge < -0.3 is 10.6 Å². The van der Waals surface area contributed by atoms with Gasteiger partial charge >= 0.3 is 0 Å². The van der Waals surface area contributed by atoms with Crippen LogP contribution in [0.25, 0.3) is 10.9 Å². The number of para-hydroxylation sites is 1. The van der Waals surface area contributed by atoms with E-state index in [9.17, 15) is 4.79 Å². The van der Waals surface area contributed by atoms with Crippen LogP contribution in [-0.2, 0) is 0 Å². The minimum atomic E-state index is -0.0287.